The Morgan fingerprint density at radius 3 is 2.33 bits per heavy atom. The monoisotopic (exact) mass is 378 g/mol. The number of benzene rings is 2. The second-order valence-corrected chi connectivity index (χ2v) is 6.21. The van der Waals surface area contributed by atoms with E-state index in [0.29, 0.717) is 6.61 Å². The highest BCUT2D eigenvalue weighted by molar-refractivity contribution is 9.10. The van der Waals surface area contributed by atoms with Crippen molar-refractivity contribution in [1.82, 2.24) is 9.38 Å². The molecule has 0 aliphatic heterocycles. The number of halogens is 1. The molecule has 0 saturated heterocycles. The van der Waals surface area contributed by atoms with Crippen molar-refractivity contribution in [2.45, 2.75) is 6.61 Å². The Labute approximate surface area is 148 Å². The Hall–Kier alpha value is -2.59. The highest BCUT2D eigenvalue weighted by Crippen LogP contribution is 2.32. The fraction of sp³-hybridized carbons (Fsp3) is 0.0500. The summed E-state index contributed by atoms with van der Waals surface area (Å²) in [6, 6.07) is 24.2. The lowest BCUT2D eigenvalue weighted by Gasteiger charge is -2.07. The second-order valence-electron chi connectivity index (χ2n) is 5.46. The summed E-state index contributed by atoms with van der Waals surface area (Å²) >= 11 is 3.66. The normalized spacial score (nSPS) is 10.9. The predicted molar refractivity (Wildman–Crippen MR) is 99.1 cm³/mol. The summed E-state index contributed by atoms with van der Waals surface area (Å²) in [5.74, 6) is 0.768. The van der Waals surface area contributed by atoms with Crippen LogP contribution < -0.4 is 4.74 Å². The molecule has 24 heavy (non-hydrogen) atoms. The summed E-state index contributed by atoms with van der Waals surface area (Å²) in [4.78, 5) is 4.79. The molecule has 0 N–H and O–H groups in total. The summed E-state index contributed by atoms with van der Waals surface area (Å²) in [6.45, 7) is 0.520. The number of pyridine rings is 1. The Morgan fingerprint density at radius 1 is 0.875 bits per heavy atom. The lowest BCUT2D eigenvalue weighted by molar-refractivity contribution is 0.308. The summed E-state index contributed by atoms with van der Waals surface area (Å²) in [6.07, 6.45) is 1.98. The number of imidazole rings is 1. The molecule has 2 aromatic heterocycles. The SMILES string of the molecule is Brc1c(-c2ccccc2)nc2c(OCc3ccccc3)cccn12. The van der Waals surface area contributed by atoms with Crippen LogP contribution in [0.4, 0.5) is 0 Å². The largest absolute Gasteiger partial charge is 0.485 e. The van der Waals surface area contributed by atoms with Gasteiger partial charge in [0.2, 0.25) is 0 Å². The van der Waals surface area contributed by atoms with Crippen molar-refractivity contribution < 1.29 is 4.74 Å². The van der Waals surface area contributed by atoms with Crippen LogP contribution in [0, 0.1) is 0 Å². The van der Waals surface area contributed by atoms with Gasteiger partial charge in [-0.25, -0.2) is 4.98 Å². The van der Waals surface area contributed by atoms with Gasteiger partial charge in [0.25, 0.3) is 0 Å². The molecule has 0 atom stereocenters. The van der Waals surface area contributed by atoms with Gasteiger partial charge in [-0.1, -0.05) is 60.7 Å². The number of fused-ring (bicyclic) bond motifs is 1. The van der Waals surface area contributed by atoms with Gasteiger partial charge in [-0.3, -0.25) is 4.40 Å². The van der Waals surface area contributed by atoms with E-state index in [1.54, 1.807) is 0 Å². The summed E-state index contributed by atoms with van der Waals surface area (Å²) < 4.78 is 8.93. The van der Waals surface area contributed by atoms with Gasteiger partial charge in [0, 0.05) is 11.8 Å². The molecule has 2 aromatic carbocycles. The maximum absolute atomic E-state index is 6.01. The first kappa shape index (κ1) is 15.0. The molecule has 0 saturated carbocycles. The third-order valence-electron chi connectivity index (χ3n) is 3.84. The van der Waals surface area contributed by atoms with E-state index in [1.807, 2.05) is 59.1 Å². The molecule has 0 bridgehead atoms. The Balaban J connectivity index is 1.72. The maximum Gasteiger partial charge on any atom is 0.181 e. The van der Waals surface area contributed by atoms with Gasteiger partial charge in [0.15, 0.2) is 11.4 Å². The number of aromatic nitrogens is 2. The van der Waals surface area contributed by atoms with Crippen LogP contribution in [-0.2, 0) is 6.61 Å². The Kier molecular flexibility index (Phi) is 4.05. The zero-order chi connectivity index (χ0) is 16.4. The van der Waals surface area contributed by atoms with Gasteiger partial charge in [-0.05, 0) is 33.6 Å². The topological polar surface area (TPSA) is 26.5 Å². The summed E-state index contributed by atoms with van der Waals surface area (Å²) in [5.41, 5.74) is 3.92. The number of nitrogens with zero attached hydrogens (tertiary/aromatic N) is 2. The highest BCUT2D eigenvalue weighted by atomic mass is 79.9. The quantitative estimate of drug-likeness (QED) is 0.478. The van der Waals surface area contributed by atoms with Crippen LogP contribution in [0.15, 0.2) is 83.6 Å². The molecule has 118 valence electrons. The third-order valence-corrected chi connectivity index (χ3v) is 4.60. The van der Waals surface area contributed by atoms with E-state index in [9.17, 15) is 0 Å². The number of rotatable bonds is 4. The first-order valence-electron chi connectivity index (χ1n) is 7.71. The van der Waals surface area contributed by atoms with Gasteiger partial charge in [0.1, 0.15) is 16.9 Å². The van der Waals surface area contributed by atoms with E-state index in [4.69, 9.17) is 9.72 Å². The lowest BCUT2D eigenvalue weighted by Crippen LogP contribution is -1.97. The van der Waals surface area contributed by atoms with Crippen LogP contribution in [0.2, 0.25) is 0 Å². The lowest BCUT2D eigenvalue weighted by atomic mass is 10.2. The van der Waals surface area contributed by atoms with E-state index in [1.165, 1.54) is 0 Å². The van der Waals surface area contributed by atoms with E-state index in [0.717, 1.165) is 32.8 Å². The Morgan fingerprint density at radius 2 is 1.58 bits per heavy atom. The van der Waals surface area contributed by atoms with E-state index >= 15 is 0 Å². The smallest absolute Gasteiger partial charge is 0.181 e. The van der Waals surface area contributed by atoms with E-state index in [-0.39, 0.29) is 0 Å². The summed E-state index contributed by atoms with van der Waals surface area (Å²) in [5, 5.41) is 0. The molecular formula is C20H15BrN2O. The summed E-state index contributed by atoms with van der Waals surface area (Å²) in [7, 11) is 0. The van der Waals surface area contributed by atoms with Crippen molar-refractivity contribution >= 4 is 21.6 Å². The van der Waals surface area contributed by atoms with Gasteiger partial charge >= 0.3 is 0 Å². The molecule has 4 rings (SSSR count). The molecule has 0 aliphatic rings. The zero-order valence-corrected chi connectivity index (χ0v) is 14.5. The van der Waals surface area contributed by atoms with Crippen LogP contribution >= 0.6 is 15.9 Å². The van der Waals surface area contributed by atoms with Gasteiger partial charge < -0.3 is 4.74 Å². The average molecular weight is 379 g/mol. The molecule has 2 heterocycles. The fourth-order valence-electron chi connectivity index (χ4n) is 2.64. The van der Waals surface area contributed by atoms with Crippen LogP contribution in [0.1, 0.15) is 5.56 Å². The van der Waals surface area contributed by atoms with Gasteiger partial charge in [-0.15, -0.1) is 0 Å². The van der Waals surface area contributed by atoms with Crippen LogP contribution in [0.3, 0.4) is 0 Å². The maximum atomic E-state index is 6.01. The first-order chi connectivity index (χ1) is 11.8. The number of hydrogen-bond donors (Lipinski definition) is 0. The number of hydrogen-bond acceptors (Lipinski definition) is 2. The molecule has 4 aromatic rings. The molecule has 3 nitrogen and oxygen atoms in total. The van der Waals surface area contributed by atoms with Crippen LogP contribution in [0.25, 0.3) is 16.9 Å². The standard InChI is InChI=1S/C20H15BrN2O/c21-19-18(16-10-5-2-6-11-16)22-20-17(12-7-13-23(19)20)24-14-15-8-3-1-4-9-15/h1-13H,14H2. The first-order valence-corrected chi connectivity index (χ1v) is 8.51. The third kappa shape index (κ3) is 2.81. The fourth-order valence-corrected chi connectivity index (χ4v) is 3.25. The molecule has 4 heteroatoms. The van der Waals surface area contributed by atoms with Crippen molar-refractivity contribution in [2.24, 2.45) is 0 Å². The second kappa shape index (κ2) is 6.49. The van der Waals surface area contributed by atoms with E-state index in [2.05, 4.69) is 40.2 Å². The molecule has 0 fully saturated rings. The van der Waals surface area contributed by atoms with Gasteiger partial charge in [-0.2, -0.15) is 0 Å². The van der Waals surface area contributed by atoms with Crippen LogP contribution in [0.5, 0.6) is 5.75 Å². The van der Waals surface area contributed by atoms with Crippen molar-refractivity contribution in [3.8, 4) is 17.0 Å². The highest BCUT2D eigenvalue weighted by Gasteiger charge is 2.14. The molecule has 0 amide bonds. The molecule has 0 aliphatic carbocycles. The van der Waals surface area contributed by atoms with E-state index < -0.39 is 0 Å². The minimum absolute atomic E-state index is 0.520. The van der Waals surface area contributed by atoms with Crippen molar-refractivity contribution in [3.63, 3.8) is 0 Å². The predicted octanol–water partition coefficient (Wildman–Crippen LogP) is 5.34. The van der Waals surface area contributed by atoms with Crippen molar-refractivity contribution in [1.29, 1.82) is 0 Å². The molecule has 0 spiro atoms. The number of ether oxygens (including phenoxy) is 1. The molecule has 0 radical (unpaired) electrons. The van der Waals surface area contributed by atoms with Crippen molar-refractivity contribution in [3.05, 3.63) is 89.2 Å². The molecule has 0 unspecified atom stereocenters. The zero-order valence-electron chi connectivity index (χ0n) is 12.9. The molecular weight excluding hydrogens is 364 g/mol. The van der Waals surface area contributed by atoms with Crippen LogP contribution in [-0.4, -0.2) is 9.38 Å². The van der Waals surface area contributed by atoms with Gasteiger partial charge in [0.05, 0.1) is 0 Å². The average Bonchev–Trinajstić information content (AvgIpc) is 2.99. The Bertz CT molecular complexity index is 965. The van der Waals surface area contributed by atoms with Crippen molar-refractivity contribution in [2.75, 3.05) is 0 Å². The minimum atomic E-state index is 0.520. The minimum Gasteiger partial charge on any atom is -0.485 e.